The predicted molar refractivity (Wildman–Crippen MR) is 91.8 cm³/mol. The van der Waals surface area contributed by atoms with Crippen molar-refractivity contribution in [3.05, 3.63) is 0 Å². The van der Waals surface area contributed by atoms with Crippen molar-refractivity contribution in [2.75, 3.05) is 46.9 Å². The molecule has 0 heterocycles. The third-order valence-electron chi connectivity index (χ3n) is 4.73. The van der Waals surface area contributed by atoms with Gasteiger partial charge < -0.3 is 15.0 Å². The third kappa shape index (κ3) is 7.62. The molecule has 0 aromatic rings. The minimum absolute atomic E-state index is 0.481. The van der Waals surface area contributed by atoms with E-state index in [1.54, 1.807) is 7.11 Å². The van der Waals surface area contributed by atoms with Gasteiger partial charge in [-0.1, -0.05) is 33.6 Å². The number of rotatable bonds is 10. The molecule has 0 aromatic heterocycles. The molecule has 21 heavy (non-hydrogen) atoms. The van der Waals surface area contributed by atoms with Crippen molar-refractivity contribution in [3.8, 4) is 0 Å². The van der Waals surface area contributed by atoms with E-state index in [2.05, 4.69) is 38.0 Å². The van der Waals surface area contributed by atoms with Gasteiger partial charge in [0, 0.05) is 33.4 Å². The van der Waals surface area contributed by atoms with Gasteiger partial charge in [0.15, 0.2) is 0 Å². The average molecular weight is 299 g/mol. The van der Waals surface area contributed by atoms with Gasteiger partial charge in [0.25, 0.3) is 0 Å². The van der Waals surface area contributed by atoms with E-state index in [0.29, 0.717) is 5.41 Å². The molecule has 0 amide bonds. The van der Waals surface area contributed by atoms with E-state index in [-0.39, 0.29) is 0 Å². The minimum atomic E-state index is 0.481. The van der Waals surface area contributed by atoms with Gasteiger partial charge in [0.05, 0.1) is 0 Å². The van der Waals surface area contributed by atoms with Gasteiger partial charge in [-0.05, 0) is 50.1 Å². The summed E-state index contributed by atoms with van der Waals surface area (Å²) in [5.41, 5.74) is 0.481. The fourth-order valence-corrected chi connectivity index (χ4v) is 3.89. The van der Waals surface area contributed by atoms with E-state index < -0.39 is 0 Å². The summed E-state index contributed by atoms with van der Waals surface area (Å²) in [5, 5.41) is 3.74. The van der Waals surface area contributed by atoms with Crippen molar-refractivity contribution >= 4 is 0 Å². The van der Waals surface area contributed by atoms with Crippen LogP contribution in [0.2, 0.25) is 0 Å². The second-order valence-corrected chi connectivity index (χ2v) is 7.81. The Morgan fingerprint density at radius 2 is 2.14 bits per heavy atom. The molecule has 3 nitrogen and oxygen atoms in total. The van der Waals surface area contributed by atoms with E-state index in [4.69, 9.17) is 4.74 Å². The lowest BCUT2D eigenvalue weighted by Gasteiger charge is -2.43. The maximum absolute atomic E-state index is 5.18. The van der Waals surface area contributed by atoms with E-state index in [1.165, 1.54) is 38.8 Å². The Labute approximate surface area is 132 Å². The summed E-state index contributed by atoms with van der Waals surface area (Å²) in [4.78, 5) is 2.52. The lowest BCUT2D eigenvalue weighted by molar-refractivity contribution is 0.0857. The van der Waals surface area contributed by atoms with Gasteiger partial charge in [-0.3, -0.25) is 0 Å². The van der Waals surface area contributed by atoms with E-state index in [9.17, 15) is 0 Å². The first-order chi connectivity index (χ1) is 9.97. The monoisotopic (exact) mass is 298 g/mol. The number of nitrogens with zero attached hydrogens (tertiary/aromatic N) is 1. The molecule has 1 N–H and O–H groups in total. The lowest BCUT2D eigenvalue weighted by atomic mass is 9.69. The second-order valence-electron chi connectivity index (χ2n) is 7.81. The highest BCUT2D eigenvalue weighted by Gasteiger charge is 2.35. The van der Waals surface area contributed by atoms with E-state index in [0.717, 1.165) is 38.0 Å². The average Bonchev–Trinajstić information content (AvgIpc) is 2.38. The molecule has 126 valence electrons. The predicted octanol–water partition coefficient (Wildman–Crippen LogP) is 3.40. The van der Waals surface area contributed by atoms with Crippen molar-refractivity contribution in [1.82, 2.24) is 10.2 Å². The van der Waals surface area contributed by atoms with Crippen LogP contribution >= 0.6 is 0 Å². The molecule has 1 aliphatic rings. The maximum atomic E-state index is 5.18. The summed E-state index contributed by atoms with van der Waals surface area (Å²) >= 11 is 0. The zero-order valence-corrected chi connectivity index (χ0v) is 15.1. The lowest BCUT2D eigenvalue weighted by Crippen LogP contribution is -2.46. The zero-order valence-electron chi connectivity index (χ0n) is 15.1. The quantitative estimate of drug-likeness (QED) is 0.626. The van der Waals surface area contributed by atoms with Crippen molar-refractivity contribution in [2.24, 2.45) is 17.3 Å². The first kappa shape index (κ1) is 18.9. The first-order valence-corrected chi connectivity index (χ1v) is 8.85. The second kappa shape index (κ2) is 9.81. The van der Waals surface area contributed by atoms with Crippen LogP contribution in [0, 0.1) is 17.3 Å². The highest BCUT2D eigenvalue weighted by atomic mass is 16.5. The molecule has 0 bridgehead atoms. The summed E-state index contributed by atoms with van der Waals surface area (Å²) < 4.78 is 5.18. The number of hydrogen-bond acceptors (Lipinski definition) is 3. The summed E-state index contributed by atoms with van der Waals surface area (Å²) in [6.45, 7) is 12.6. The number of hydrogen-bond donors (Lipinski definition) is 1. The molecule has 1 aliphatic carbocycles. The Kier molecular flexibility index (Phi) is 8.84. The topological polar surface area (TPSA) is 24.5 Å². The molecule has 0 aromatic carbocycles. The zero-order chi connectivity index (χ0) is 15.7. The number of ether oxygens (including phenoxy) is 1. The fraction of sp³-hybridized carbons (Fsp3) is 1.00. The van der Waals surface area contributed by atoms with Gasteiger partial charge >= 0.3 is 0 Å². The molecule has 0 radical (unpaired) electrons. The van der Waals surface area contributed by atoms with Crippen molar-refractivity contribution in [1.29, 1.82) is 0 Å². The third-order valence-corrected chi connectivity index (χ3v) is 4.73. The van der Waals surface area contributed by atoms with Gasteiger partial charge in [-0.2, -0.15) is 0 Å². The molecular formula is C18H38N2O. The number of nitrogens with one attached hydrogen (secondary N) is 1. The standard InChI is InChI=1S/C18H38N2O/c1-16(2)13-19-14-18(9-6-8-17(3)12-18)15-20(4)10-7-11-21-5/h16-17,19H,6-15H2,1-5H3. The molecule has 2 unspecified atom stereocenters. The van der Waals surface area contributed by atoms with Crippen molar-refractivity contribution in [3.63, 3.8) is 0 Å². The molecule has 0 aliphatic heterocycles. The smallest absolute Gasteiger partial charge is 0.0474 e. The van der Waals surface area contributed by atoms with Gasteiger partial charge in [0.1, 0.15) is 0 Å². The normalized spacial score (nSPS) is 26.7. The number of methoxy groups -OCH3 is 1. The highest BCUT2D eigenvalue weighted by Crippen LogP contribution is 2.39. The highest BCUT2D eigenvalue weighted by molar-refractivity contribution is 4.89. The van der Waals surface area contributed by atoms with Crippen molar-refractivity contribution in [2.45, 2.75) is 52.9 Å². The molecule has 1 rings (SSSR count). The van der Waals surface area contributed by atoms with Gasteiger partial charge in [0.2, 0.25) is 0 Å². The van der Waals surface area contributed by atoms with Crippen LogP contribution in [0.15, 0.2) is 0 Å². The van der Waals surface area contributed by atoms with E-state index in [1.807, 2.05) is 0 Å². The molecule has 1 saturated carbocycles. The molecule has 0 spiro atoms. The first-order valence-electron chi connectivity index (χ1n) is 8.85. The van der Waals surface area contributed by atoms with Crippen LogP contribution in [0.5, 0.6) is 0 Å². The van der Waals surface area contributed by atoms with Gasteiger partial charge in [-0.25, -0.2) is 0 Å². The molecular weight excluding hydrogens is 260 g/mol. The van der Waals surface area contributed by atoms with E-state index >= 15 is 0 Å². The molecule has 1 fully saturated rings. The van der Waals surface area contributed by atoms with Crippen LogP contribution in [0.4, 0.5) is 0 Å². The SMILES string of the molecule is COCCCN(C)CC1(CNCC(C)C)CCCC(C)C1. The molecule has 3 heteroatoms. The van der Waals surface area contributed by atoms with Crippen LogP contribution in [0.3, 0.4) is 0 Å². The van der Waals surface area contributed by atoms with Crippen LogP contribution in [0.1, 0.15) is 52.9 Å². The van der Waals surface area contributed by atoms with Crippen LogP contribution in [0.25, 0.3) is 0 Å². The summed E-state index contributed by atoms with van der Waals surface area (Å²) in [6.07, 6.45) is 6.72. The Hall–Kier alpha value is -0.120. The fourth-order valence-electron chi connectivity index (χ4n) is 3.89. The Balaban J connectivity index is 2.50. The van der Waals surface area contributed by atoms with Crippen LogP contribution in [-0.4, -0.2) is 51.8 Å². The largest absolute Gasteiger partial charge is 0.385 e. The van der Waals surface area contributed by atoms with Crippen LogP contribution in [-0.2, 0) is 4.74 Å². The Morgan fingerprint density at radius 1 is 1.38 bits per heavy atom. The van der Waals surface area contributed by atoms with Crippen molar-refractivity contribution < 1.29 is 4.74 Å². The minimum Gasteiger partial charge on any atom is -0.385 e. The Bertz CT molecular complexity index is 270. The summed E-state index contributed by atoms with van der Waals surface area (Å²) in [6, 6.07) is 0. The Morgan fingerprint density at radius 3 is 2.76 bits per heavy atom. The molecule has 2 atom stereocenters. The summed E-state index contributed by atoms with van der Waals surface area (Å²) in [7, 11) is 4.07. The summed E-state index contributed by atoms with van der Waals surface area (Å²) in [5.74, 6) is 1.62. The molecule has 0 saturated heterocycles. The van der Waals surface area contributed by atoms with Crippen LogP contribution < -0.4 is 5.32 Å². The van der Waals surface area contributed by atoms with Gasteiger partial charge in [-0.15, -0.1) is 0 Å². The maximum Gasteiger partial charge on any atom is 0.0474 e.